The summed E-state index contributed by atoms with van der Waals surface area (Å²) in [6, 6.07) is 4.20. The van der Waals surface area contributed by atoms with Crippen molar-refractivity contribution in [2.24, 2.45) is 0 Å². The van der Waals surface area contributed by atoms with Gasteiger partial charge < -0.3 is 15.9 Å². The number of aliphatic hydroxyl groups is 2. The Morgan fingerprint density at radius 3 is 2.62 bits per heavy atom. The molecule has 5 N–H and O–H groups in total. The maximum absolute atomic E-state index is 12.8. The number of hydrogen-bond donors (Lipinski definition) is 4. The minimum absolute atomic E-state index is 0.0950. The van der Waals surface area contributed by atoms with Crippen molar-refractivity contribution in [3.63, 3.8) is 0 Å². The molecule has 6 rings (SSSR count). The Kier molecular flexibility index (Phi) is 5.94. The second-order valence-corrected chi connectivity index (χ2v) is 9.94. The molecule has 192 valence electrons. The molecule has 3 unspecified atom stereocenters. The number of nitrogens with zero attached hydrogens (tertiary/aromatic N) is 7. The van der Waals surface area contributed by atoms with E-state index in [2.05, 4.69) is 30.2 Å². The summed E-state index contributed by atoms with van der Waals surface area (Å²) in [5.41, 5.74) is 10.1. The fourth-order valence-corrected chi connectivity index (χ4v) is 5.98. The number of carbonyl (C=O) groups is 1. The Hall–Kier alpha value is -3.74. The number of ketones is 1. The summed E-state index contributed by atoms with van der Waals surface area (Å²) in [6.07, 6.45) is 7.72. The van der Waals surface area contributed by atoms with E-state index in [1.807, 2.05) is 0 Å². The molecule has 12 heteroatoms. The lowest BCUT2D eigenvalue weighted by Crippen LogP contribution is -2.42. The summed E-state index contributed by atoms with van der Waals surface area (Å²) in [6.45, 7) is 1.85. The summed E-state index contributed by atoms with van der Waals surface area (Å²) in [5, 5.41) is 30.4. The molecule has 2 bridgehead atoms. The Bertz CT molecular complexity index is 1420. The van der Waals surface area contributed by atoms with Crippen molar-refractivity contribution in [1.29, 1.82) is 0 Å². The van der Waals surface area contributed by atoms with Crippen molar-refractivity contribution in [3.8, 4) is 11.1 Å². The first-order valence-electron chi connectivity index (χ1n) is 12.5. The lowest BCUT2D eigenvalue weighted by Gasteiger charge is -2.38. The molecule has 0 spiro atoms. The van der Waals surface area contributed by atoms with Crippen LogP contribution in [0.3, 0.4) is 0 Å². The number of nitrogens with two attached hydrogens (primary N) is 1. The van der Waals surface area contributed by atoms with Gasteiger partial charge in [0.2, 0.25) is 0 Å². The second kappa shape index (κ2) is 9.29. The van der Waals surface area contributed by atoms with Gasteiger partial charge in [0.25, 0.3) is 0 Å². The van der Waals surface area contributed by atoms with Crippen molar-refractivity contribution in [2.45, 2.75) is 63.3 Å². The molecule has 2 aliphatic rings. The molecule has 4 aromatic rings. The fraction of sp³-hybridized carbons (Fsp3) is 0.440. The van der Waals surface area contributed by atoms with E-state index in [9.17, 15) is 15.0 Å². The first kappa shape index (κ1) is 23.6. The minimum atomic E-state index is -1.04. The van der Waals surface area contributed by atoms with Gasteiger partial charge in [-0.3, -0.25) is 19.8 Å². The number of piperidine rings is 1. The Labute approximate surface area is 212 Å². The maximum Gasteiger partial charge on any atom is 0.165 e. The molecule has 0 radical (unpaired) electrons. The van der Waals surface area contributed by atoms with Crippen LogP contribution in [0.15, 0.2) is 30.9 Å². The van der Waals surface area contributed by atoms with Crippen LogP contribution in [-0.2, 0) is 6.54 Å². The predicted molar refractivity (Wildman–Crippen MR) is 133 cm³/mol. The summed E-state index contributed by atoms with van der Waals surface area (Å²) >= 11 is 0. The van der Waals surface area contributed by atoms with Gasteiger partial charge in [-0.05, 0) is 38.7 Å². The van der Waals surface area contributed by atoms with Gasteiger partial charge >= 0.3 is 0 Å². The van der Waals surface area contributed by atoms with E-state index in [1.165, 1.54) is 17.8 Å². The molecular formula is C25H29N9O3. The lowest BCUT2D eigenvalue weighted by molar-refractivity contribution is 0.0923. The number of H-pyrrole nitrogens is 1. The topological polar surface area (TPSA) is 171 Å². The first-order chi connectivity index (χ1) is 17.9. The van der Waals surface area contributed by atoms with Crippen LogP contribution in [0.1, 0.15) is 72.2 Å². The van der Waals surface area contributed by atoms with Gasteiger partial charge in [0.05, 0.1) is 36.3 Å². The first-order valence-corrected chi connectivity index (χ1v) is 12.5. The largest absolute Gasteiger partial charge is 0.393 e. The van der Waals surface area contributed by atoms with Crippen LogP contribution >= 0.6 is 0 Å². The number of nitrogens with one attached hydrogen (secondary N) is 1. The number of carbonyl (C=O) groups excluding carboxylic acids is 1. The number of aromatic amines is 1. The van der Waals surface area contributed by atoms with Gasteiger partial charge in [-0.1, -0.05) is 6.07 Å². The number of rotatable bonds is 7. The highest BCUT2D eigenvalue weighted by molar-refractivity contribution is 6.00. The monoisotopic (exact) mass is 503 g/mol. The number of Topliss-reactive ketones (excluding diaryl/α,β-unsaturated/α-hetero) is 1. The van der Waals surface area contributed by atoms with Gasteiger partial charge in [-0.15, -0.1) is 0 Å². The highest BCUT2D eigenvalue weighted by atomic mass is 16.3. The SMILES string of the molecule is CC(=O)c1c(C2CC3CCC(C2)N3Cc2ncn[nH]2)nc2c(-c3ccc(C(O)CO)nc3)cnn2c1N. The molecule has 12 nitrogen and oxygen atoms in total. The molecule has 0 amide bonds. The number of pyridine rings is 1. The molecule has 0 aliphatic carbocycles. The van der Waals surface area contributed by atoms with E-state index in [0.717, 1.165) is 54.9 Å². The zero-order chi connectivity index (χ0) is 25.7. The van der Waals surface area contributed by atoms with E-state index in [-0.39, 0.29) is 17.5 Å². The Morgan fingerprint density at radius 2 is 2.00 bits per heavy atom. The Balaban J connectivity index is 1.37. The van der Waals surface area contributed by atoms with E-state index >= 15 is 0 Å². The van der Waals surface area contributed by atoms with Gasteiger partial charge in [-0.2, -0.15) is 14.7 Å². The molecule has 2 aliphatic heterocycles. The quantitative estimate of drug-likeness (QED) is 0.272. The standard InChI is InChI=1S/C25H29N9O3/c1-13(36)22-23(15-6-16-3-4-17(7-15)33(16)10-21-28-12-29-32-21)31-25-18(9-30-34(25)24(22)26)14-2-5-19(27-8-14)20(37)11-35/h2,5,8-9,12,15-17,20,35,37H,3-4,6-7,10-11,26H2,1H3,(H,28,29,32). The van der Waals surface area contributed by atoms with Gasteiger partial charge in [0, 0.05) is 35.3 Å². The Morgan fingerprint density at radius 1 is 1.22 bits per heavy atom. The summed E-state index contributed by atoms with van der Waals surface area (Å²) in [7, 11) is 0. The number of aromatic nitrogens is 7. The predicted octanol–water partition coefficient (Wildman–Crippen LogP) is 1.63. The van der Waals surface area contributed by atoms with E-state index in [4.69, 9.17) is 10.7 Å². The number of anilines is 1. The second-order valence-electron chi connectivity index (χ2n) is 9.94. The highest BCUT2D eigenvalue weighted by Crippen LogP contribution is 2.45. The summed E-state index contributed by atoms with van der Waals surface area (Å²) < 4.78 is 1.51. The zero-order valence-corrected chi connectivity index (χ0v) is 20.4. The van der Waals surface area contributed by atoms with Crippen molar-refractivity contribution >= 4 is 17.2 Å². The zero-order valence-electron chi connectivity index (χ0n) is 20.4. The average molecular weight is 504 g/mol. The molecule has 2 fully saturated rings. The molecular weight excluding hydrogens is 474 g/mol. The minimum Gasteiger partial charge on any atom is -0.393 e. The van der Waals surface area contributed by atoms with Crippen molar-refractivity contribution < 1.29 is 15.0 Å². The van der Waals surface area contributed by atoms with Crippen LogP contribution in [-0.4, -0.2) is 74.4 Å². The van der Waals surface area contributed by atoms with E-state index < -0.39 is 12.7 Å². The number of hydrogen-bond acceptors (Lipinski definition) is 10. The number of fused-ring (bicyclic) bond motifs is 3. The molecule has 0 saturated carbocycles. The number of aliphatic hydroxyl groups excluding tert-OH is 2. The van der Waals surface area contributed by atoms with Crippen LogP contribution < -0.4 is 5.73 Å². The molecule has 0 aromatic carbocycles. The smallest absolute Gasteiger partial charge is 0.165 e. The molecule has 37 heavy (non-hydrogen) atoms. The van der Waals surface area contributed by atoms with Crippen LogP contribution in [0.5, 0.6) is 0 Å². The molecule has 3 atom stereocenters. The maximum atomic E-state index is 12.8. The van der Waals surface area contributed by atoms with Gasteiger partial charge in [0.15, 0.2) is 11.4 Å². The lowest BCUT2D eigenvalue weighted by atomic mass is 9.85. The van der Waals surface area contributed by atoms with Crippen molar-refractivity contribution in [2.75, 3.05) is 12.3 Å². The van der Waals surface area contributed by atoms with Crippen molar-refractivity contribution in [3.05, 3.63) is 53.6 Å². The summed E-state index contributed by atoms with van der Waals surface area (Å²) in [5.74, 6) is 1.12. The number of nitrogen functional groups attached to an aromatic ring is 1. The van der Waals surface area contributed by atoms with Crippen LogP contribution in [0.4, 0.5) is 5.82 Å². The van der Waals surface area contributed by atoms with Crippen LogP contribution in [0.25, 0.3) is 16.8 Å². The van der Waals surface area contributed by atoms with E-state index in [0.29, 0.717) is 29.0 Å². The van der Waals surface area contributed by atoms with E-state index in [1.54, 1.807) is 24.5 Å². The van der Waals surface area contributed by atoms with Crippen LogP contribution in [0.2, 0.25) is 0 Å². The van der Waals surface area contributed by atoms with Gasteiger partial charge in [0.1, 0.15) is 24.1 Å². The average Bonchev–Trinajstić information content (AvgIpc) is 3.62. The third-order valence-electron chi connectivity index (χ3n) is 7.74. The van der Waals surface area contributed by atoms with Crippen molar-refractivity contribution in [1.82, 2.24) is 39.7 Å². The third-order valence-corrected chi connectivity index (χ3v) is 7.74. The molecule has 2 saturated heterocycles. The normalized spacial score (nSPS) is 22.5. The molecule has 6 heterocycles. The van der Waals surface area contributed by atoms with Gasteiger partial charge in [-0.25, -0.2) is 9.97 Å². The van der Waals surface area contributed by atoms with Crippen LogP contribution in [0, 0.1) is 0 Å². The highest BCUT2D eigenvalue weighted by Gasteiger charge is 2.43. The fourth-order valence-electron chi connectivity index (χ4n) is 5.98. The summed E-state index contributed by atoms with van der Waals surface area (Å²) in [4.78, 5) is 28.9. The molecule has 4 aromatic heterocycles. The third kappa shape index (κ3) is 4.06.